The van der Waals surface area contributed by atoms with Gasteiger partial charge in [-0.2, -0.15) is 0 Å². The summed E-state index contributed by atoms with van der Waals surface area (Å²) in [7, 11) is 0. The first-order chi connectivity index (χ1) is 12.5. The highest BCUT2D eigenvalue weighted by Crippen LogP contribution is 2.22. The van der Waals surface area contributed by atoms with Crippen LogP contribution in [0.5, 0.6) is 0 Å². The van der Waals surface area contributed by atoms with Crippen LogP contribution < -0.4 is 5.32 Å². The smallest absolute Gasteiger partial charge is 0.310 e. The van der Waals surface area contributed by atoms with Gasteiger partial charge in [-0.25, -0.2) is 4.39 Å². The van der Waals surface area contributed by atoms with E-state index >= 15 is 0 Å². The number of hydrogen-bond acceptors (Lipinski definition) is 3. The van der Waals surface area contributed by atoms with Gasteiger partial charge in [0.1, 0.15) is 5.82 Å². The highest BCUT2D eigenvalue weighted by molar-refractivity contribution is 6.30. The molecule has 0 unspecified atom stereocenters. The molecular weight excluding hydrogens is 357 g/mol. The average Bonchev–Trinajstić information content (AvgIpc) is 2.62. The van der Waals surface area contributed by atoms with Crippen molar-refractivity contribution < 1.29 is 18.7 Å². The third-order valence-electron chi connectivity index (χ3n) is 4.33. The number of carbonyl (C=O) groups excluding carboxylic acids is 2. The maximum Gasteiger partial charge on any atom is 0.310 e. The first-order valence-corrected chi connectivity index (χ1v) is 8.90. The zero-order chi connectivity index (χ0) is 18.5. The zero-order valence-electron chi connectivity index (χ0n) is 14.2. The Balaban J connectivity index is 1.50. The minimum Gasteiger partial charge on any atom is -0.455 e. The molecule has 1 aliphatic carbocycles. The SMILES string of the molecule is O=C(COC(=O)Cc1ccc2c(c1)CCCC2)Nc1ccc(Cl)cc1F. The fourth-order valence-electron chi connectivity index (χ4n) is 3.04. The second-order valence-electron chi connectivity index (χ2n) is 6.32. The minimum atomic E-state index is -0.647. The van der Waals surface area contributed by atoms with E-state index in [1.807, 2.05) is 12.1 Å². The van der Waals surface area contributed by atoms with Gasteiger partial charge >= 0.3 is 5.97 Å². The van der Waals surface area contributed by atoms with Crippen molar-refractivity contribution >= 4 is 29.2 Å². The number of ether oxygens (including phenoxy) is 1. The zero-order valence-corrected chi connectivity index (χ0v) is 14.9. The monoisotopic (exact) mass is 375 g/mol. The van der Waals surface area contributed by atoms with E-state index in [0.717, 1.165) is 24.5 Å². The number of nitrogens with one attached hydrogen (secondary N) is 1. The van der Waals surface area contributed by atoms with Crippen LogP contribution in [0.4, 0.5) is 10.1 Å². The second kappa shape index (κ2) is 8.32. The lowest BCUT2D eigenvalue weighted by molar-refractivity contribution is -0.146. The standard InChI is InChI=1S/C20H19ClFNO3/c21-16-7-8-18(17(22)11-16)23-19(24)12-26-20(25)10-13-5-6-14-3-1-2-4-15(14)9-13/h5-9,11H,1-4,10,12H2,(H,23,24). The van der Waals surface area contributed by atoms with Gasteiger partial charge < -0.3 is 10.1 Å². The van der Waals surface area contributed by atoms with Crippen LogP contribution in [0.1, 0.15) is 29.5 Å². The summed E-state index contributed by atoms with van der Waals surface area (Å²) in [5.41, 5.74) is 3.50. The van der Waals surface area contributed by atoms with Crippen molar-refractivity contribution in [3.8, 4) is 0 Å². The highest BCUT2D eigenvalue weighted by atomic mass is 35.5. The van der Waals surface area contributed by atoms with Crippen LogP contribution >= 0.6 is 11.6 Å². The topological polar surface area (TPSA) is 55.4 Å². The Kier molecular flexibility index (Phi) is 5.89. The summed E-state index contributed by atoms with van der Waals surface area (Å²) in [5, 5.41) is 2.58. The van der Waals surface area contributed by atoms with E-state index in [4.69, 9.17) is 16.3 Å². The maximum absolute atomic E-state index is 13.6. The van der Waals surface area contributed by atoms with Gasteiger partial charge in [-0.15, -0.1) is 0 Å². The van der Waals surface area contributed by atoms with Gasteiger partial charge in [-0.3, -0.25) is 9.59 Å². The third kappa shape index (κ3) is 4.82. The molecular formula is C20H19ClFNO3. The number of aryl methyl sites for hydroxylation is 2. The number of rotatable bonds is 5. The minimum absolute atomic E-state index is 0.00913. The first-order valence-electron chi connectivity index (χ1n) is 8.52. The van der Waals surface area contributed by atoms with Crippen LogP contribution in [0, 0.1) is 5.82 Å². The maximum atomic E-state index is 13.6. The van der Waals surface area contributed by atoms with E-state index in [2.05, 4.69) is 11.4 Å². The molecule has 0 aromatic heterocycles. The van der Waals surface area contributed by atoms with E-state index < -0.39 is 24.3 Å². The molecule has 0 aliphatic heterocycles. The fraction of sp³-hybridized carbons (Fsp3) is 0.300. The number of fused-ring (bicyclic) bond motifs is 1. The Morgan fingerprint density at radius 3 is 2.62 bits per heavy atom. The van der Waals surface area contributed by atoms with Gasteiger partial charge in [0.15, 0.2) is 6.61 Å². The van der Waals surface area contributed by atoms with Crippen molar-refractivity contribution in [2.75, 3.05) is 11.9 Å². The predicted molar refractivity (Wildman–Crippen MR) is 97.8 cm³/mol. The Morgan fingerprint density at radius 2 is 1.85 bits per heavy atom. The van der Waals surface area contributed by atoms with Crippen molar-refractivity contribution in [1.82, 2.24) is 0 Å². The van der Waals surface area contributed by atoms with Crippen LogP contribution in [-0.2, 0) is 33.6 Å². The summed E-state index contributed by atoms with van der Waals surface area (Å²) >= 11 is 5.66. The molecule has 1 aliphatic rings. The number of benzene rings is 2. The predicted octanol–water partition coefficient (Wildman–Crippen LogP) is 4.08. The van der Waals surface area contributed by atoms with E-state index in [1.54, 1.807) is 0 Å². The van der Waals surface area contributed by atoms with Crippen molar-refractivity contribution in [2.24, 2.45) is 0 Å². The Bertz CT molecular complexity index is 838. The van der Waals surface area contributed by atoms with Crippen molar-refractivity contribution in [3.05, 3.63) is 63.9 Å². The van der Waals surface area contributed by atoms with Crippen LogP contribution in [-0.4, -0.2) is 18.5 Å². The molecule has 136 valence electrons. The number of hydrogen-bond donors (Lipinski definition) is 1. The van der Waals surface area contributed by atoms with Crippen LogP contribution in [0.3, 0.4) is 0 Å². The van der Waals surface area contributed by atoms with Gasteiger partial charge in [-0.1, -0.05) is 29.8 Å². The molecule has 2 aromatic rings. The molecule has 6 heteroatoms. The molecule has 0 saturated carbocycles. The summed E-state index contributed by atoms with van der Waals surface area (Å²) in [4.78, 5) is 23.8. The van der Waals surface area contributed by atoms with Gasteiger partial charge in [0.2, 0.25) is 0 Å². The summed E-state index contributed by atoms with van der Waals surface area (Å²) in [6.45, 7) is -0.466. The van der Waals surface area contributed by atoms with Gasteiger partial charge in [0.25, 0.3) is 5.91 Å². The Morgan fingerprint density at radius 1 is 1.08 bits per heavy atom. The van der Waals surface area contributed by atoms with Crippen LogP contribution in [0.25, 0.3) is 0 Å². The van der Waals surface area contributed by atoms with Gasteiger partial charge in [0.05, 0.1) is 12.1 Å². The lowest BCUT2D eigenvalue weighted by Crippen LogP contribution is -2.22. The molecule has 26 heavy (non-hydrogen) atoms. The summed E-state index contributed by atoms with van der Waals surface area (Å²) < 4.78 is 18.6. The molecule has 0 fully saturated rings. The quantitative estimate of drug-likeness (QED) is 0.801. The summed E-state index contributed by atoms with van der Waals surface area (Å²) in [6.07, 6.45) is 4.60. The molecule has 4 nitrogen and oxygen atoms in total. The molecule has 0 radical (unpaired) electrons. The lowest BCUT2D eigenvalue weighted by Gasteiger charge is -2.16. The van der Waals surface area contributed by atoms with E-state index in [0.29, 0.717) is 0 Å². The number of halogens is 2. The Hall–Kier alpha value is -2.40. The van der Waals surface area contributed by atoms with Crippen LogP contribution in [0.2, 0.25) is 5.02 Å². The molecule has 0 spiro atoms. The van der Waals surface area contributed by atoms with E-state index in [-0.39, 0.29) is 17.1 Å². The van der Waals surface area contributed by atoms with Crippen molar-refractivity contribution in [2.45, 2.75) is 32.1 Å². The Labute approximate surface area is 156 Å². The average molecular weight is 376 g/mol. The van der Waals surface area contributed by atoms with E-state index in [1.165, 1.54) is 36.1 Å². The molecule has 1 amide bonds. The van der Waals surface area contributed by atoms with Crippen LogP contribution in [0.15, 0.2) is 36.4 Å². The molecule has 1 N–H and O–H groups in total. The highest BCUT2D eigenvalue weighted by Gasteiger charge is 2.13. The number of anilines is 1. The second-order valence-corrected chi connectivity index (χ2v) is 6.76. The molecule has 0 heterocycles. The normalized spacial score (nSPS) is 13.0. The number of esters is 1. The van der Waals surface area contributed by atoms with Gasteiger partial charge in [0, 0.05) is 5.02 Å². The third-order valence-corrected chi connectivity index (χ3v) is 4.57. The molecule has 2 aromatic carbocycles. The number of carbonyl (C=O) groups is 2. The van der Waals surface area contributed by atoms with Crippen molar-refractivity contribution in [1.29, 1.82) is 0 Å². The van der Waals surface area contributed by atoms with Crippen molar-refractivity contribution in [3.63, 3.8) is 0 Å². The largest absolute Gasteiger partial charge is 0.455 e. The first kappa shape index (κ1) is 18.4. The molecule has 3 rings (SSSR count). The molecule has 0 saturated heterocycles. The number of amides is 1. The van der Waals surface area contributed by atoms with E-state index in [9.17, 15) is 14.0 Å². The molecule has 0 bridgehead atoms. The lowest BCUT2D eigenvalue weighted by atomic mass is 9.90. The molecule has 0 atom stereocenters. The van der Waals surface area contributed by atoms with Gasteiger partial charge in [-0.05, 0) is 60.6 Å². The summed E-state index contributed by atoms with van der Waals surface area (Å²) in [6, 6.07) is 9.94. The summed E-state index contributed by atoms with van der Waals surface area (Å²) in [5.74, 6) is -1.75. The fourth-order valence-corrected chi connectivity index (χ4v) is 3.20.